The van der Waals surface area contributed by atoms with E-state index < -0.39 is 0 Å². The van der Waals surface area contributed by atoms with Crippen molar-refractivity contribution < 1.29 is 14.3 Å². The molecule has 1 fully saturated rings. The van der Waals surface area contributed by atoms with E-state index in [0.717, 1.165) is 15.6 Å². The van der Waals surface area contributed by atoms with Gasteiger partial charge in [-0.3, -0.25) is 9.69 Å². The van der Waals surface area contributed by atoms with Gasteiger partial charge in [0.15, 0.2) is 0 Å². The van der Waals surface area contributed by atoms with Gasteiger partial charge in [-0.2, -0.15) is 5.26 Å². The Morgan fingerprint density at radius 1 is 1.29 bits per heavy atom. The van der Waals surface area contributed by atoms with Gasteiger partial charge in [0.1, 0.15) is 0 Å². The van der Waals surface area contributed by atoms with Gasteiger partial charge in [-0.1, -0.05) is 17.8 Å². The third-order valence-corrected chi connectivity index (χ3v) is 6.97. The summed E-state index contributed by atoms with van der Waals surface area (Å²) < 4.78 is 4.73. The van der Waals surface area contributed by atoms with E-state index in [0.29, 0.717) is 30.1 Å². The predicted octanol–water partition coefficient (Wildman–Crippen LogP) is 3.75. The van der Waals surface area contributed by atoms with Gasteiger partial charge >= 0.3 is 5.97 Å². The summed E-state index contributed by atoms with van der Waals surface area (Å²) in [6.07, 6.45) is 0.308. The van der Waals surface area contributed by atoms with Gasteiger partial charge in [-0.25, -0.2) is 4.79 Å². The number of carbonyl (C=O) groups is 2. The number of thiophene rings is 1. The number of rotatable bonds is 3. The molecule has 28 heavy (non-hydrogen) atoms. The highest BCUT2D eigenvalue weighted by molar-refractivity contribution is 8.03. The number of benzene rings is 1. The second-order valence-electron chi connectivity index (χ2n) is 6.42. The number of hydrogen-bond acceptors (Lipinski definition) is 7. The number of thioether (sulfide) groups is 1. The molecule has 1 aromatic heterocycles. The number of anilines is 1. The van der Waals surface area contributed by atoms with Crippen molar-refractivity contribution in [2.24, 2.45) is 0 Å². The van der Waals surface area contributed by atoms with Crippen LogP contribution >= 0.6 is 23.1 Å². The third-order valence-electron chi connectivity index (χ3n) is 4.83. The molecule has 1 unspecified atom stereocenters. The molecule has 2 aromatic rings. The maximum atomic E-state index is 12.8. The maximum absolute atomic E-state index is 12.8. The van der Waals surface area contributed by atoms with Crippen molar-refractivity contribution in [3.8, 4) is 6.07 Å². The predicted molar refractivity (Wildman–Crippen MR) is 109 cm³/mol. The minimum absolute atomic E-state index is 0.0239. The first-order valence-corrected chi connectivity index (χ1v) is 10.5. The second-order valence-corrected chi connectivity index (χ2v) is 8.33. The Bertz CT molecular complexity index is 977. The number of nitriles is 1. The molecule has 6 nitrogen and oxygen atoms in total. The van der Waals surface area contributed by atoms with Crippen LogP contribution in [-0.4, -0.2) is 36.4 Å². The average molecular weight is 412 g/mol. The Morgan fingerprint density at radius 2 is 2.07 bits per heavy atom. The van der Waals surface area contributed by atoms with Gasteiger partial charge in [0, 0.05) is 22.9 Å². The average Bonchev–Trinajstić information content (AvgIpc) is 3.28. The zero-order chi connectivity index (χ0) is 19.7. The largest absolute Gasteiger partial charge is 0.465 e. The van der Waals surface area contributed by atoms with E-state index in [-0.39, 0.29) is 17.8 Å². The molecule has 1 atom stereocenters. The number of hydrogen-bond donors (Lipinski definition) is 0. The topological polar surface area (TPSA) is 73.6 Å². The molecule has 4 rings (SSSR count). The smallest absolute Gasteiger partial charge is 0.337 e. The molecule has 2 aliphatic heterocycles. The number of amides is 1. The first kappa shape index (κ1) is 18.6. The molecule has 8 heteroatoms. The lowest BCUT2D eigenvalue weighted by Crippen LogP contribution is -2.47. The van der Waals surface area contributed by atoms with E-state index in [9.17, 15) is 14.9 Å². The Hall–Kier alpha value is -2.76. The Morgan fingerprint density at radius 3 is 2.71 bits per heavy atom. The van der Waals surface area contributed by atoms with Crippen LogP contribution in [0.5, 0.6) is 0 Å². The molecule has 1 amide bonds. The fourth-order valence-corrected chi connectivity index (χ4v) is 5.39. The van der Waals surface area contributed by atoms with E-state index in [1.165, 1.54) is 18.9 Å². The van der Waals surface area contributed by atoms with Crippen LogP contribution in [0.15, 0.2) is 52.4 Å². The molecule has 0 radical (unpaired) electrons. The Balaban J connectivity index is 1.59. The van der Waals surface area contributed by atoms with Gasteiger partial charge in [-0.05, 0) is 35.7 Å². The molecule has 3 heterocycles. The minimum atomic E-state index is -0.380. The summed E-state index contributed by atoms with van der Waals surface area (Å²) in [6.45, 7) is 0.390. The first-order valence-electron chi connectivity index (χ1n) is 8.66. The molecule has 0 aliphatic carbocycles. The van der Waals surface area contributed by atoms with Crippen LogP contribution in [0.2, 0.25) is 0 Å². The summed E-state index contributed by atoms with van der Waals surface area (Å²) in [7, 11) is 1.35. The third kappa shape index (κ3) is 3.28. The zero-order valence-electron chi connectivity index (χ0n) is 15.1. The van der Waals surface area contributed by atoms with Crippen LogP contribution in [0.4, 0.5) is 5.69 Å². The summed E-state index contributed by atoms with van der Waals surface area (Å²) in [5.74, 6) is 0.117. The number of nitrogens with zero attached hydrogens (tertiary/aromatic N) is 3. The number of esters is 1. The molecule has 0 saturated carbocycles. The Kier molecular flexibility index (Phi) is 5.11. The second kappa shape index (κ2) is 7.70. The van der Waals surface area contributed by atoms with Crippen molar-refractivity contribution in [2.45, 2.75) is 12.3 Å². The summed E-state index contributed by atoms with van der Waals surface area (Å²) in [6, 6.07) is 13.4. The fourth-order valence-electron chi connectivity index (χ4n) is 3.38. The SMILES string of the molecule is COC(=O)c1ccc(N2CSC3=C(C#N)C(c4cccs4)CC(=O)N3C2)cc1. The van der Waals surface area contributed by atoms with Crippen LogP contribution in [0.25, 0.3) is 0 Å². The molecule has 142 valence electrons. The van der Waals surface area contributed by atoms with E-state index in [2.05, 4.69) is 6.07 Å². The molecule has 0 spiro atoms. The number of ether oxygens (including phenoxy) is 1. The van der Waals surface area contributed by atoms with Crippen molar-refractivity contribution in [2.75, 3.05) is 24.6 Å². The number of methoxy groups -OCH3 is 1. The molecule has 1 saturated heterocycles. The maximum Gasteiger partial charge on any atom is 0.337 e. The van der Waals surface area contributed by atoms with Gasteiger partial charge in [0.25, 0.3) is 0 Å². The van der Waals surface area contributed by atoms with Crippen LogP contribution in [0.1, 0.15) is 27.6 Å². The molecule has 0 N–H and O–H groups in total. The molecule has 0 bridgehead atoms. The minimum Gasteiger partial charge on any atom is -0.465 e. The lowest BCUT2D eigenvalue weighted by molar-refractivity contribution is -0.129. The van der Waals surface area contributed by atoms with Gasteiger partial charge in [-0.15, -0.1) is 11.3 Å². The van der Waals surface area contributed by atoms with Crippen LogP contribution in [0, 0.1) is 11.3 Å². The quantitative estimate of drug-likeness (QED) is 0.716. The van der Waals surface area contributed by atoms with Crippen LogP contribution in [-0.2, 0) is 9.53 Å². The van der Waals surface area contributed by atoms with E-state index in [4.69, 9.17) is 4.74 Å². The molecular weight excluding hydrogens is 394 g/mol. The van der Waals surface area contributed by atoms with E-state index in [1.807, 2.05) is 34.5 Å². The lowest BCUT2D eigenvalue weighted by atomic mass is 9.92. The fraction of sp³-hybridized carbons (Fsp3) is 0.250. The number of fused-ring (bicyclic) bond motifs is 1. The highest BCUT2D eigenvalue weighted by Crippen LogP contribution is 2.44. The van der Waals surface area contributed by atoms with Crippen molar-refractivity contribution in [3.05, 3.63) is 62.8 Å². The monoisotopic (exact) mass is 411 g/mol. The van der Waals surface area contributed by atoms with Gasteiger partial charge < -0.3 is 9.64 Å². The summed E-state index contributed by atoms with van der Waals surface area (Å²) in [5, 5.41) is 12.5. The van der Waals surface area contributed by atoms with Crippen LogP contribution < -0.4 is 4.90 Å². The number of allylic oxidation sites excluding steroid dienone is 1. The van der Waals surface area contributed by atoms with Crippen molar-refractivity contribution in [1.29, 1.82) is 5.26 Å². The normalized spacial score (nSPS) is 19.3. The number of carbonyl (C=O) groups excluding carboxylic acids is 2. The highest BCUT2D eigenvalue weighted by Gasteiger charge is 2.38. The summed E-state index contributed by atoms with van der Waals surface area (Å²) in [5.41, 5.74) is 2.06. The Labute approximate surface area is 171 Å². The van der Waals surface area contributed by atoms with Crippen molar-refractivity contribution in [1.82, 2.24) is 4.90 Å². The highest BCUT2D eigenvalue weighted by atomic mass is 32.2. The van der Waals surface area contributed by atoms with Crippen LogP contribution in [0.3, 0.4) is 0 Å². The standard InChI is InChI=1S/C20H17N3O3S2/c1-26-20(25)13-4-6-14(7-5-13)22-11-23-18(24)9-15(17-3-2-8-27-17)16(10-21)19(23)28-12-22/h2-8,15H,9,11-12H2,1H3. The van der Waals surface area contributed by atoms with E-state index in [1.54, 1.807) is 28.4 Å². The lowest BCUT2D eigenvalue weighted by Gasteiger charge is -2.41. The summed E-state index contributed by atoms with van der Waals surface area (Å²) >= 11 is 3.08. The van der Waals surface area contributed by atoms with Crippen molar-refractivity contribution >= 4 is 40.7 Å². The first-order chi connectivity index (χ1) is 13.6. The molecule has 2 aliphatic rings. The molecular formula is C20H17N3O3S2. The van der Waals surface area contributed by atoms with Crippen molar-refractivity contribution in [3.63, 3.8) is 0 Å². The van der Waals surface area contributed by atoms with Gasteiger partial charge in [0.2, 0.25) is 5.91 Å². The van der Waals surface area contributed by atoms with Gasteiger partial charge in [0.05, 0.1) is 41.9 Å². The molecule has 1 aromatic carbocycles. The summed E-state index contributed by atoms with van der Waals surface area (Å²) in [4.78, 5) is 29.2. The van der Waals surface area contributed by atoms with E-state index >= 15 is 0 Å². The zero-order valence-corrected chi connectivity index (χ0v) is 16.8.